The fraction of sp³-hybridized carbons (Fsp3) is 0.375. The molecule has 3 atom stereocenters. The van der Waals surface area contributed by atoms with Gasteiger partial charge >= 0.3 is 7.82 Å². The van der Waals surface area contributed by atoms with Crippen LogP contribution in [0.2, 0.25) is 0 Å². The molecule has 2 rings (SSSR count). The third-order valence-corrected chi connectivity index (χ3v) is 4.87. The van der Waals surface area contributed by atoms with Gasteiger partial charge in [0.2, 0.25) is 0 Å². The Bertz CT molecular complexity index is 947. The molecule has 0 saturated carbocycles. The Morgan fingerprint density at radius 3 is 2.81 bits per heavy atom. The van der Waals surface area contributed by atoms with Gasteiger partial charge in [0.1, 0.15) is 42.3 Å². The molecule has 1 aromatic carbocycles. The molecule has 0 amide bonds. The van der Waals surface area contributed by atoms with Gasteiger partial charge in [0.15, 0.2) is 0 Å². The summed E-state index contributed by atoms with van der Waals surface area (Å²) in [5.41, 5.74) is 2.75. The number of hydrogen-bond donors (Lipinski definition) is 4. The van der Waals surface area contributed by atoms with E-state index >= 15 is 0 Å². The number of benzene rings is 1. The maximum atomic E-state index is 14.7. The van der Waals surface area contributed by atoms with E-state index < -0.39 is 57.5 Å². The number of phosphoric acid groups is 1. The lowest BCUT2D eigenvalue weighted by Gasteiger charge is -2.34. The fourth-order valence-electron chi connectivity index (χ4n) is 2.52. The van der Waals surface area contributed by atoms with Gasteiger partial charge in [-0.1, -0.05) is 6.07 Å². The number of rotatable bonds is 12. The lowest BCUT2D eigenvalue weighted by Crippen LogP contribution is -2.39. The van der Waals surface area contributed by atoms with Crippen LogP contribution < -0.4 is 5.73 Å². The second-order valence-corrected chi connectivity index (χ2v) is 7.54. The van der Waals surface area contributed by atoms with Crippen molar-refractivity contribution in [2.45, 2.75) is 18.2 Å². The predicted octanol–water partition coefficient (Wildman–Crippen LogP) is -0.0461. The molecule has 31 heavy (non-hydrogen) atoms. The standard InChI is InChI=1S/C16H21F2N6O6P/c17-12-1-2-14(15(18)3-12)16(6-20-9-21-8-19,7-24-11-22-10-23-24)30-31(27,28)29-5-13(26)4-25/h1-3,8-11,13,25-26H,4-7H2,(H,27,28)(H2,19,20,21). The molecule has 1 aromatic heterocycles. The summed E-state index contributed by atoms with van der Waals surface area (Å²) < 4.78 is 52.0. The van der Waals surface area contributed by atoms with Crippen molar-refractivity contribution in [3.8, 4) is 0 Å². The van der Waals surface area contributed by atoms with Gasteiger partial charge in [-0.2, -0.15) is 5.10 Å². The minimum absolute atomic E-state index is 0.334. The van der Waals surface area contributed by atoms with Crippen LogP contribution in [0.3, 0.4) is 0 Å². The predicted molar refractivity (Wildman–Crippen MR) is 104 cm³/mol. The molecule has 0 aliphatic carbocycles. The maximum absolute atomic E-state index is 14.7. The molecule has 5 N–H and O–H groups in total. The quantitative estimate of drug-likeness (QED) is 0.191. The first-order valence-electron chi connectivity index (χ1n) is 8.68. The van der Waals surface area contributed by atoms with Gasteiger partial charge in [-0.25, -0.2) is 28.0 Å². The molecular formula is C16H21F2N6O6P. The average molecular weight is 462 g/mol. The van der Waals surface area contributed by atoms with Crippen LogP contribution in [0.5, 0.6) is 0 Å². The largest absolute Gasteiger partial charge is 0.473 e. The number of aliphatic hydroxyl groups is 2. The number of nitrogens with zero attached hydrogens (tertiary/aromatic N) is 5. The lowest BCUT2D eigenvalue weighted by molar-refractivity contribution is -0.0117. The minimum Gasteiger partial charge on any atom is -0.394 e. The molecular weight excluding hydrogens is 441 g/mol. The summed E-state index contributed by atoms with van der Waals surface area (Å²) in [6, 6.07) is 2.51. The zero-order chi connectivity index (χ0) is 22.9. The Balaban J connectivity index is 2.53. The van der Waals surface area contributed by atoms with E-state index in [1.807, 2.05) is 0 Å². The van der Waals surface area contributed by atoms with Gasteiger partial charge in [-0.15, -0.1) is 0 Å². The van der Waals surface area contributed by atoms with Crippen molar-refractivity contribution in [2.75, 3.05) is 19.8 Å². The lowest BCUT2D eigenvalue weighted by atomic mass is 9.93. The molecule has 15 heteroatoms. The molecule has 0 spiro atoms. The molecule has 0 saturated heterocycles. The molecule has 170 valence electrons. The molecule has 0 bridgehead atoms. The van der Waals surface area contributed by atoms with Crippen LogP contribution in [0.25, 0.3) is 0 Å². The van der Waals surface area contributed by atoms with Gasteiger partial charge in [-0.05, 0) is 6.07 Å². The van der Waals surface area contributed by atoms with Crippen molar-refractivity contribution in [2.24, 2.45) is 15.7 Å². The van der Waals surface area contributed by atoms with Crippen molar-refractivity contribution in [3.05, 3.63) is 48.1 Å². The number of aromatic nitrogens is 3. The maximum Gasteiger partial charge on any atom is 0.473 e. The van der Waals surface area contributed by atoms with Gasteiger partial charge in [0, 0.05) is 11.6 Å². The summed E-state index contributed by atoms with van der Waals surface area (Å²) in [5, 5.41) is 22.1. The summed E-state index contributed by atoms with van der Waals surface area (Å²) in [5.74, 6) is -1.98. The van der Waals surface area contributed by atoms with Crippen LogP contribution in [0.1, 0.15) is 5.56 Å². The van der Waals surface area contributed by atoms with Crippen LogP contribution in [0.4, 0.5) is 8.78 Å². The van der Waals surface area contributed by atoms with Gasteiger partial charge in [0.25, 0.3) is 0 Å². The Hall–Kier alpha value is -2.61. The van der Waals surface area contributed by atoms with Crippen LogP contribution in [0.15, 0.2) is 40.8 Å². The number of nitrogens with two attached hydrogens (primary N) is 1. The van der Waals surface area contributed by atoms with E-state index in [4.69, 9.17) is 19.9 Å². The summed E-state index contributed by atoms with van der Waals surface area (Å²) in [6.07, 6.45) is 2.87. The number of aliphatic imine (C=N–C) groups is 2. The zero-order valence-corrected chi connectivity index (χ0v) is 16.9. The minimum atomic E-state index is -4.98. The van der Waals surface area contributed by atoms with Crippen molar-refractivity contribution < 1.29 is 37.5 Å². The number of halogens is 2. The molecule has 1 heterocycles. The molecule has 2 aromatic rings. The molecule has 3 unspecified atom stereocenters. The second-order valence-electron chi connectivity index (χ2n) is 6.16. The van der Waals surface area contributed by atoms with E-state index in [9.17, 15) is 23.3 Å². The van der Waals surface area contributed by atoms with Crippen molar-refractivity contribution >= 4 is 20.5 Å². The smallest absolute Gasteiger partial charge is 0.394 e. The zero-order valence-electron chi connectivity index (χ0n) is 16.0. The number of phosphoric ester groups is 1. The summed E-state index contributed by atoms with van der Waals surface area (Å²) in [6.45, 7) is -2.38. The Morgan fingerprint density at radius 2 is 2.19 bits per heavy atom. The van der Waals surface area contributed by atoms with E-state index in [1.54, 1.807) is 0 Å². The van der Waals surface area contributed by atoms with E-state index in [-0.39, 0.29) is 5.56 Å². The molecule has 0 aliphatic heterocycles. The highest BCUT2D eigenvalue weighted by Crippen LogP contribution is 2.51. The van der Waals surface area contributed by atoms with Crippen LogP contribution in [-0.2, 0) is 25.8 Å². The topological polar surface area (TPSA) is 178 Å². The summed E-state index contributed by atoms with van der Waals surface area (Å²) >= 11 is 0. The molecule has 0 fully saturated rings. The first-order valence-corrected chi connectivity index (χ1v) is 10.2. The first kappa shape index (κ1) is 24.7. The first-order chi connectivity index (χ1) is 14.7. The van der Waals surface area contributed by atoms with Gasteiger partial charge in [-0.3, -0.25) is 14.0 Å². The highest BCUT2D eigenvalue weighted by molar-refractivity contribution is 7.47. The monoisotopic (exact) mass is 462 g/mol. The Kier molecular flexibility index (Phi) is 8.86. The normalized spacial score (nSPS) is 17.1. The fourth-order valence-corrected chi connectivity index (χ4v) is 3.58. The highest BCUT2D eigenvalue weighted by atomic mass is 31.2. The van der Waals surface area contributed by atoms with E-state index in [1.165, 1.54) is 17.3 Å². The van der Waals surface area contributed by atoms with Crippen molar-refractivity contribution in [1.82, 2.24) is 14.8 Å². The van der Waals surface area contributed by atoms with E-state index in [2.05, 4.69) is 20.1 Å². The van der Waals surface area contributed by atoms with Gasteiger partial charge < -0.3 is 20.8 Å². The van der Waals surface area contributed by atoms with E-state index in [0.717, 1.165) is 24.8 Å². The molecule has 0 aliphatic rings. The van der Waals surface area contributed by atoms with Crippen molar-refractivity contribution in [3.63, 3.8) is 0 Å². The summed E-state index contributed by atoms with van der Waals surface area (Å²) in [4.78, 5) is 21.4. The number of aliphatic hydroxyl groups excluding tert-OH is 2. The SMILES string of the molecule is NC=NC=NCC(Cn1cncn1)(OP(=O)(O)OCC(O)CO)c1ccc(F)cc1F. The third-order valence-electron chi connectivity index (χ3n) is 3.82. The van der Waals surface area contributed by atoms with E-state index in [0.29, 0.717) is 6.07 Å². The number of hydrogen-bond acceptors (Lipinski definition) is 8. The van der Waals surface area contributed by atoms with Crippen molar-refractivity contribution in [1.29, 1.82) is 0 Å². The Labute approximate surface area is 175 Å². The average Bonchev–Trinajstić information content (AvgIpc) is 3.21. The van der Waals surface area contributed by atoms with Crippen LogP contribution >= 0.6 is 7.82 Å². The Morgan fingerprint density at radius 1 is 1.42 bits per heavy atom. The summed E-state index contributed by atoms with van der Waals surface area (Å²) in [7, 11) is -4.98. The highest BCUT2D eigenvalue weighted by Gasteiger charge is 2.44. The van der Waals surface area contributed by atoms with Crippen LogP contribution in [-0.4, -0.2) is 68.4 Å². The second kappa shape index (κ2) is 11.1. The molecule has 12 nitrogen and oxygen atoms in total. The van der Waals surface area contributed by atoms with Gasteiger partial charge in [0.05, 0.1) is 32.6 Å². The molecule has 0 radical (unpaired) electrons. The third kappa shape index (κ3) is 7.24. The van der Waals surface area contributed by atoms with Crippen LogP contribution in [0, 0.1) is 11.6 Å².